The molecule has 0 atom stereocenters. The predicted molar refractivity (Wildman–Crippen MR) is 78.3 cm³/mol. The number of carboxylic acid groups (broad SMARTS) is 1. The van der Waals surface area contributed by atoms with Gasteiger partial charge in [0.1, 0.15) is 14.7 Å². The quantitative estimate of drug-likeness (QED) is 0.765. The van der Waals surface area contributed by atoms with Crippen LogP contribution in [0.4, 0.5) is 0 Å². The Morgan fingerprint density at radius 3 is 2.24 bits per heavy atom. The van der Waals surface area contributed by atoms with E-state index in [1.165, 1.54) is 0 Å². The van der Waals surface area contributed by atoms with Gasteiger partial charge in [-0.05, 0) is 12.1 Å². The van der Waals surface area contributed by atoms with Gasteiger partial charge in [-0.3, -0.25) is 0 Å². The summed E-state index contributed by atoms with van der Waals surface area (Å²) >= 11 is 11.4. The zero-order chi connectivity index (χ0) is 16.4. The maximum Gasteiger partial charge on any atom is 0.337 e. The van der Waals surface area contributed by atoms with Crippen LogP contribution in [0.2, 0.25) is 10.0 Å². The zero-order valence-electron chi connectivity index (χ0n) is 10.6. The van der Waals surface area contributed by atoms with E-state index in [4.69, 9.17) is 28.3 Å². The molecule has 0 saturated heterocycles. The highest BCUT2D eigenvalue weighted by Gasteiger charge is 2.22. The van der Waals surface area contributed by atoms with Crippen LogP contribution in [0, 0.1) is 0 Å². The summed E-state index contributed by atoms with van der Waals surface area (Å²) in [6.45, 7) is -0.359. The first-order valence-corrected chi connectivity index (χ1v) is 9.64. The van der Waals surface area contributed by atoms with E-state index >= 15 is 0 Å². The highest BCUT2D eigenvalue weighted by Crippen LogP contribution is 2.28. The molecule has 118 valence electrons. The average molecular weight is 376 g/mol. The summed E-state index contributed by atoms with van der Waals surface area (Å²) in [6, 6.07) is 1.81. The number of aromatic carboxylic acids is 1. The Hall–Kier alpha value is -0.870. The summed E-state index contributed by atoms with van der Waals surface area (Å²) in [5.41, 5.74) is -0.426. The lowest BCUT2D eigenvalue weighted by Crippen LogP contribution is -2.29. The van der Waals surface area contributed by atoms with Crippen LogP contribution in [-0.2, 0) is 19.9 Å². The van der Waals surface area contributed by atoms with Crippen molar-refractivity contribution in [3.8, 4) is 0 Å². The molecule has 0 aromatic heterocycles. The minimum Gasteiger partial charge on any atom is -0.478 e. The standard InChI is InChI=1S/C10H11Cl2NO6S2/c1-20(16,17)3-2-13-21(18,19)9-4-6(10(14)15)7(11)5-8(9)12/h4-5,13H,2-3H2,1H3,(H,14,15). The number of nitrogens with one attached hydrogen (secondary N) is 1. The molecule has 0 unspecified atom stereocenters. The number of carboxylic acids is 1. The molecule has 0 amide bonds. The van der Waals surface area contributed by atoms with Gasteiger partial charge in [0, 0.05) is 12.8 Å². The Morgan fingerprint density at radius 2 is 1.76 bits per heavy atom. The Balaban J connectivity index is 3.14. The largest absolute Gasteiger partial charge is 0.478 e. The molecule has 11 heteroatoms. The van der Waals surface area contributed by atoms with E-state index < -0.39 is 42.0 Å². The van der Waals surface area contributed by atoms with Crippen molar-refractivity contribution in [3.63, 3.8) is 0 Å². The van der Waals surface area contributed by atoms with Crippen molar-refractivity contribution in [3.05, 3.63) is 27.7 Å². The molecular weight excluding hydrogens is 365 g/mol. The summed E-state index contributed by atoms with van der Waals surface area (Å²) in [6.07, 6.45) is 0.957. The fourth-order valence-electron chi connectivity index (χ4n) is 1.34. The molecule has 0 aliphatic carbocycles. The smallest absolute Gasteiger partial charge is 0.337 e. The molecule has 0 saturated carbocycles. The first kappa shape index (κ1) is 18.2. The topological polar surface area (TPSA) is 118 Å². The highest BCUT2D eigenvalue weighted by atomic mass is 35.5. The summed E-state index contributed by atoms with van der Waals surface area (Å²) in [5, 5.41) is 8.43. The van der Waals surface area contributed by atoms with Crippen LogP contribution in [0.15, 0.2) is 17.0 Å². The van der Waals surface area contributed by atoms with E-state index in [1.807, 2.05) is 4.72 Å². The van der Waals surface area contributed by atoms with Crippen molar-refractivity contribution in [1.82, 2.24) is 4.72 Å². The number of rotatable bonds is 6. The Morgan fingerprint density at radius 1 is 1.19 bits per heavy atom. The Labute approximate surface area is 131 Å². The molecular formula is C10H11Cl2NO6S2. The second-order valence-electron chi connectivity index (χ2n) is 4.10. The summed E-state index contributed by atoms with van der Waals surface area (Å²) in [5.74, 6) is -1.81. The zero-order valence-corrected chi connectivity index (χ0v) is 13.8. The van der Waals surface area contributed by atoms with Crippen LogP contribution < -0.4 is 4.72 Å². The monoisotopic (exact) mass is 375 g/mol. The summed E-state index contributed by atoms with van der Waals surface area (Å²) in [4.78, 5) is 10.4. The van der Waals surface area contributed by atoms with Gasteiger partial charge in [0.25, 0.3) is 0 Å². The van der Waals surface area contributed by atoms with Crippen LogP contribution >= 0.6 is 23.2 Å². The minimum atomic E-state index is -4.15. The molecule has 1 aromatic carbocycles. The third-order valence-corrected chi connectivity index (χ3v) is 5.49. The van der Waals surface area contributed by atoms with E-state index in [-0.39, 0.29) is 16.6 Å². The first-order chi connectivity index (χ1) is 9.44. The Kier molecular flexibility index (Phi) is 5.62. The van der Waals surface area contributed by atoms with Crippen molar-refractivity contribution in [1.29, 1.82) is 0 Å². The van der Waals surface area contributed by atoms with E-state index in [2.05, 4.69) is 0 Å². The van der Waals surface area contributed by atoms with E-state index in [0.717, 1.165) is 18.4 Å². The van der Waals surface area contributed by atoms with Gasteiger partial charge < -0.3 is 5.11 Å². The van der Waals surface area contributed by atoms with Crippen molar-refractivity contribution in [2.75, 3.05) is 18.6 Å². The van der Waals surface area contributed by atoms with Crippen LogP contribution in [0.25, 0.3) is 0 Å². The fourth-order valence-corrected chi connectivity index (χ4v) is 3.82. The van der Waals surface area contributed by atoms with Crippen molar-refractivity contribution < 1.29 is 26.7 Å². The lowest BCUT2D eigenvalue weighted by molar-refractivity contribution is 0.0697. The first-order valence-electron chi connectivity index (χ1n) is 5.34. The van der Waals surface area contributed by atoms with Gasteiger partial charge in [-0.15, -0.1) is 0 Å². The number of sulfone groups is 1. The molecule has 0 heterocycles. The molecule has 1 aromatic rings. The van der Waals surface area contributed by atoms with Crippen LogP contribution in [0.3, 0.4) is 0 Å². The molecule has 1 rings (SSSR count). The number of sulfonamides is 1. The molecule has 7 nitrogen and oxygen atoms in total. The fraction of sp³-hybridized carbons (Fsp3) is 0.300. The number of halogens is 2. The van der Waals surface area contributed by atoms with Gasteiger partial charge in [-0.25, -0.2) is 26.4 Å². The van der Waals surface area contributed by atoms with Crippen molar-refractivity contribution >= 4 is 49.0 Å². The third-order valence-electron chi connectivity index (χ3n) is 2.31. The molecule has 0 aliphatic heterocycles. The second-order valence-corrected chi connectivity index (χ2v) is 8.90. The van der Waals surface area contributed by atoms with Gasteiger partial charge >= 0.3 is 5.97 Å². The van der Waals surface area contributed by atoms with Crippen molar-refractivity contribution in [2.24, 2.45) is 0 Å². The minimum absolute atomic E-state index is 0.206. The van der Waals surface area contributed by atoms with Crippen LogP contribution in [0.5, 0.6) is 0 Å². The van der Waals surface area contributed by atoms with Gasteiger partial charge in [0.2, 0.25) is 10.0 Å². The molecule has 2 N–H and O–H groups in total. The molecule has 21 heavy (non-hydrogen) atoms. The van der Waals surface area contributed by atoms with Gasteiger partial charge in [-0.2, -0.15) is 0 Å². The number of hydrogen-bond donors (Lipinski definition) is 2. The molecule has 0 fully saturated rings. The van der Waals surface area contributed by atoms with Crippen molar-refractivity contribution in [2.45, 2.75) is 4.90 Å². The average Bonchev–Trinajstić information content (AvgIpc) is 2.25. The molecule has 0 bridgehead atoms. The molecule has 0 spiro atoms. The summed E-state index contributed by atoms with van der Waals surface area (Å²) < 4.78 is 47.9. The maximum absolute atomic E-state index is 12.0. The second kappa shape index (κ2) is 6.49. The van der Waals surface area contributed by atoms with Crippen LogP contribution in [-0.4, -0.2) is 46.5 Å². The number of hydrogen-bond acceptors (Lipinski definition) is 5. The predicted octanol–water partition coefficient (Wildman–Crippen LogP) is 1.01. The lowest BCUT2D eigenvalue weighted by atomic mass is 10.2. The number of carbonyl (C=O) groups is 1. The highest BCUT2D eigenvalue weighted by molar-refractivity contribution is 7.91. The van der Waals surface area contributed by atoms with Gasteiger partial charge in [0.15, 0.2) is 0 Å². The maximum atomic E-state index is 12.0. The molecule has 0 radical (unpaired) electrons. The normalized spacial score (nSPS) is 12.3. The number of benzene rings is 1. The Bertz CT molecular complexity index is 773. The van der Waals surface area contributed by atoms with Gasteiger partial charge in [0.05, 0.1) is 21.4 Å². The lowest BCUT2D eigenvalue weighted by Gasteiger charge is -2.10. The third kappa shape index (κ3) is 5.11. The summed E-state index contributed by atoms with van der Waals surface area (Å²) in [7, 11) is -7.50. The van der Waals surface area contributed by atoms with Crippen LogP contribution in [0.1, 0.15) is 10.4 Å². The van der Waals surface area contributed by atoms with E-state index in [1.54, 1.807) is 0 Å². The van der Waals surface area contributed by atoms with E-state index in [9.17, 15) is 21.6 Å². The molecule has 0 aliphatic rings. The van der Waals surface area contributed by atoms with Gasteiger partial charge in [-0.1, -0.05) is 23.2 Å². The SMILES string of the molecule is CS(=O)(=O)CCNS(=O)(=O)c1cc(C(=O)O)c(Cl)cc1Cl. The van der Waals surface area contributed by atoms with E-state index in [0.29, 0.717) is 0 Å².